The van der Waals surface area contributed by atoms with E-state index in [9.17, 15) is 14.4 Å². The summed E-state index contributed by atoms with van der Waals surface area (Å²) in [6.45, 7) is 3.24. The van der Waals surface area contributed by atoms with Gasteiger partial charge in [-0.2, -0.15) is 0 Å². The van der Waals surface area contributed by atoms with Crippen molar-refractivity contribution >= 4 is 39.9 Å². The molecule has 1 aromatic heterocycles. The van der Waals surface area contributed by atoms with Gasteiger partial charge in [-0.1, -0.05) is 25.0 Å². The Balaban J connectivity index is 1.23. The second-order valence-electron chi connectivity index (χ2n) is 8.91. The Bertz CT molecular complexity index is 976. The third kappa shape index (κ3) is 6.61. The number of carbonyl (C=O) groups excluding carboxylic acids is 3. The van der Waals surface area contributed by atoms with Crippen LogP contribution in [0.25, 0.3) is 0 Å². The SMILES string of the molecule is CN1CCN(C(=O)Cc2csc(NC(=O)Nc3ccc(CC(=O)C4CCCC4)cc3)n2)CC1. The topological polar surface area (TPSA) is 94.6 Å². The molecular formula is C24H31N5O3S. The summed E-state index contributed by atoms with van der Waals surface area (Å²) in [5, 5.41) is 7.77. The van der Waals surface area contributed by atoms with Crippen LogP contribution < -0.4 is 10.6 Å². The van der Waals surface area contributed by atoms with E-state index in [1.165, 1.54) is 11.3 Å². The number of carbonyl (C=O) groups is 3. The van der Waals surface area contributed by atoms with Crippen LogP contribution in [0.5, 0.6) is 0 Å². The molecule has 8 nitrogen and oxygen atoms in total. The maximum atomic E-state index is 12.5. The Morgan fingerprint density at radius 2 is 1.70 bits per heavy atom. The molecule has 0 bridgehead atoms. The number of likely N-dealkylation sites (N-methyl/N-ethyl adjacent to an activating group) is 1. The fourth-order valence-corrected chi connectivity index (χ4v) is 5.03. The van der Waals surface area contributed by atoms with Crippen molar-refractivity contribution in [3.63, 3.8) is 0 Å². The first-order chi connectivity index (χ1) is 16.0. The zero-order valence-electron chi connectivity index (χ0n) is 19.0. The Labute approximate surface area is 198 Å². The standard InChI is InChI=1S/C24H31N5O3S/c1-28-10-12-29(13-11-28)22(31)15-20-16-33-24(26-20)27-23(32)25-19-8-6-17(7-9-19)14-21(30)18-4-2-3-5-18/h6-9,16,18H,2-5,10-15H2,1H3,(H2,25,26,27,32). The van der Waals surface area contributed by atoms with Crippen molar-refractivity contribution in [2.24, 2.45) is 5.92 Å². The van der Waals surface area contributed by atoms with Crippen molar-refractivity contribution < 1.29 is 14.4 Å². The Hall–Kier alpha value is -2.78. The first kappa shape index (κ1) is 23.4. The molecule has 0 unspecified atom stereocenters. The van der Waals surface area contributed by atoms with E-state index in [1.54, 1.807) is 17.5 Å². The molecule has 3 amide bonds. The molecule has 1 aliphatic carbocycles. The minimum atomic E-state index is -0.393. The quantitative estimate of drug-likeness (QED) is 0.648. The molecule has 0 atom stereocenters. The number of nitrogens with one attached hydrogen (secondary N) is 2. The molecule has 2 aliphatic rings. The number of nitrogens with zero attached hydrogens (tertiary/aromatic N) is 3. The largest absolute Gasteiger partial charge is 0.340 e. The second-order valence-corrected chi connectivity index (χ2v) is 9.76. The summed E-state index contributed by atoms with van der Waals surface area (Å²) in [6, 6.07) is 6.98. The Morgan fingerprint density at radius 1 is 1.00 bits per heavy atom. The van der Waals surface area contributed by atoms with E-state index in [-0.39, 0.29) is 18.2 Å². The fourth-order valence-electron chi connectivity index (χ4n) is 4.33. The number of urea groups is 1. The Morgan fingerprint density at radius 3 is 2.39 bits per heavy atom. The molecule has 1 aliphatic heterocycles. The number of rotatable bonds is 7. The lowest BCUT2D eigenvalue weighted by molar-refractivity contribution is -0.132. The molecule has 33 heavy (non-hydrogen) atoms. The molecule has 2 fully saturated rings. The molecule has 0 radical (unpaired) electrons. The van der Waals surface area contributed by atoms with Gasteiger partial charge in [0.1, 0.15) is 5.78 Å². The van der Waals surface area contributed by atoms with Gasteiger partial charge in [0.05, 0.1) is 12.1 Å². The van der Waals surface area contributed by atoms with Gasteiger partial charge in [-0.3, -0.25) is 14.9 Å². The third-order valence-corrected chi connectivity index (χ3v) is 7.17. The highest BCUT2D eigenvalue weighted by Gasteiger charge is 2.22. The third-order valence-electron chi connectivity index (χ3n) is 6.36. The minimum Gasteiger partial charge on any atom is -0.340 e. The van der Waals surface area contributed by atoms with Crippen LogP contribution in [0.2, 0.25) is 0 Å². The average Bonchev–Trinajstić information content (AvgIpc) is 3.48. The fraction of sp³-hybridized carbons (Fsp3) is 0.500. The summed E-state index contributed by atoms with van der Waals surface area (Å²) >= 11 is 1.30. The molecule has 176 valence electrons. The van der Waals surface area contributed by atoms with Gasteiger partial charge >= 0.3 is 6.03 Å². The van der Waals surface area contributed by atoms with E-state index < -0.39 is 6.03 Å². The number of hydrogen-bond acceptors (Lipinski definition) is 6. The van der Waals surface area contributed by atoms with Crippen LogP contribution in [0.4, 0.5) is 15.6 Å². The number of benzene rings is 1. The first-order valence-electron chi connectivity index (χ1n) is 11.6. The highest BCUT2D eigenvalue weighted by atomic mass is 32.1. The van der Waals surface area contributed by atoms with Gasteiger partial charge in [0.2, 0.25) is 5.91 Å². The van der Waals surface area contributed by atoms with E-state index in [0.29, 0.717) is 28.7 Å². The maximum Gasteiger partial charge on any atom is 0.325 e. The number of ketones is 1. The normalized spacial score (nSPS) is 17.2. The van der Waals surface area contributed by atoms with Crippen molar-refractivity contribution in [2.45, 2.75) is 38.5 Å². The van der Waals surface area contributed by atoms with Crippen molar-refractivity contribution in [1.82, 2.24) is 14.8 Å². The predicted molar refractivity (Wildman–Crippen MR) is 130 cm³/mol. The van der Waals surface area contributed by atoms with Crippen LogP contribution in [-0.4, -0.2) is 65.7 Å². The van der Waals surface area contributed by atoms with Crippen LogP contribution in [0, 0.1) is 5.92 Å². The van der Waals surface area contributed by atoms with Crippen molar-refractivity contribution in [2.75, 3.05) is 43.9 Å². The minimum absolute atomic E-state index is 0.0657. The zero-order chi connectivity index (χ0) is 23.2. The summed E-state index contributed by atoms with van der Waals surface area (Å²) in [6.07, 6.45) is 5.03. The van der Waals surface area contributed by atoms with E-state index in [4.69, 9.17) is 0 Å². The summed E-state index contributed by atoms with van der Waals surface area (Å²) in [7, 11) is 2.05. The summed E-state index contributed by atoms with van der Waals surface area (Å²) in [5.41, 5.74) is 2.27. The monoisotopic (exact) mass is 469 g/mol. The average molecular weight is 470 g/mol. The van der Waals surface area contributed by atoms with E-state index in [0.717, 1.165) is 57.4 Å². The number of aromatic nitrogens is 1. The van der Waals surface area contributed by atoms with E-state index in [2.05, 4.69) is 27.6 Å². The van der Waals surface area contributed by atoms with Crippen LogP contribution in [0.15, 0.2) is 29.6 Å². The van der Waals surface area contributed by atoms with Crippen molar-refractivity contribution in [1.29, 1.82) is 0 Å². The number of thiazole rings is 1. The van der Waals surface area contributed by atoms with Crippen LogP contribution in [-0.2, 0) is 22.4 Å². The summed E-state index contributed by atoms with van der Waals surface area (Å²) < 4.78 is 0. The molecule has 0 spiro atoms. The maximum absolute atomic E-state index is 12.5. The highest BCUT2D eigenvalue weighted by Crippen LogP contribution is 2.26. The van der Waals surface area contributed by atoms with Gasteiger partial charge < -0.3 is 15.1 Å². The smallest absolute Gasteiger partial charge is 0.325 e. The van der Waals surface area contributed by atoms with Crippen molar-refractivity contribution in [3.8, 4) is 0 Å². The molecule has 1 aromatic carbocycles. The van der Waals surface area contributed by atoms with Gasteiger partial charge in [0.25, 0.3) is 0 Å². The molecule has 2 N–H and O–H groups in total. The molecular weight excluding hydrogens is 438 g/mol. The van der Waals surface area contributed by atoms with Gasteiger partial charge in [0, 0.05) is 49.6 Å². The van der Waals surface area contributed by atoms with Crippen molar-refractivity contribution in [3.05, 3.63) is 40.9 Å². The van der Waals surface area contributed by atoms with Crippen LogP contribution in [0.3, 0.4) is 0 Å². The lowest BCUT2D eigenvalue weighted by Gasteiger charge is -2.32. The lowest BCUT2D eigenvalue weighted by Crippen LogP contribution is -2.47. The van der Waals surface area contributed by atoms with Gasteiger partial charge in [0.15, 0.2) is 5.13 Å². The van der Waals surface area contributed by atoms with Crippen LogP contribution in [0.1, 0.15) is 36.9 Å². The second kappa shape index (κ2) is 10.9. The molecule has 9 heteroatoms. The van der Waals surface area contributed by atoms with E-state index >= 15 is 0 Å². The molecule has 2 aromatic rings. The van der Waals surface area contributed by atoms with Gasteiger partial charge in [-0.15, -0.1) is 11.3 Å². The number of amides is 3. The highest BCUT2D eigenvalue weighted by molar-refractivity contribution is 7.14. The molecule has 2 heterocycles. The molecule has 1 saturated heterocycles. The number of Topliss-reactive ketones (excluding diaryl/α,β-unsaturated/α-hetero) is 1. The van der Waals surface area contributed by atoms with Crippen LogP contribution >= 0.6 is 11.3 Å². The first-order valence-corrected chi connectivity index (χ1v) is 12.4. The zero-order valence-corrected chi connectivity index (χ0v) is 19.8. The molecule has 4 rings (SSSR count). The lowest BCUT2D eigenvalue weighted by atomic mass is 9.96. The predicted octanol–water partition coefficient (Wildman–Crippen LogP) is 3.41. The number of piperazine rings is 1. The number of hydrogen-bond donors (Lipinski definition) is 2. The molecule has 1 saturated carbocycles. The Kier molecular flexibility index (Phi) is 7.72. The summed E-state index contributed by atoms with van der Waals surface area (Å²) in [5.74, 6) is 0.598. The van der Waals surface area contributed by atoms with E-state index in [1.807, 2.05) is 17.0 Å². The van der Waals surface area contributed by atoms with Gasteiger partial charge in [-0.05, 0) is 37.6 Å². The number of anilines is 2. The van der Waals surface area contributed by atoms with Gasteiger partial charge in [-0.25, -0.2) is 9.78 Å². The summed E-state index contributed by atoms with van der Waals surface area (Å²) in [4.78, 5) is 45.6.